The van der Waals surface area contributed by atoms with Crippen molar-refractivity contribution >= 4 is 17.5 Å². The van der Waals surface area contributed by atoms with Crippen LogP contribution in [0.3, 0.4) is 0 Å². The molecule has 0 aliphatic carbocycles. The molecule has 2 rings (SSSR count). The highest BCUT2D eigenvalue weighted by Gasteiger charge is 2.39. The Hall–Kier alpha value is -2.43. The number of rotatable bonds is 2. The van der Waals surface area contributed by atoms with Crippen LogP contribution >= 0.6 is 11.6 Å². The van der Waals surface area contributed by atoms with Crippen LogP contribution in [0.15, 0.2) is 23.0 Å². The molecule has 0 aliphatic rings. The number of nitrogen functional groups attached to an aromatic ring is 1. The van der Waals surface area contributed by atoms with Crippen molar-refractivity contribution in [2.75, 3.05) is 5.73 Å². The van der Waals surface area contributed by atoms with Gasteiger partial charge in [-0.3, -0.25) is 9.78 Å². The van der Waals surface area contributed by atoms with E-state index in [0.717, 1.165) is 0 Å². The number of nitrogens with zero attached hydrogens (tertiary/aromatic N) is 1. The molecule has 0 bridgehead atoms. The lowest BCUT2D eigenvalue weighted by molar-refractivity contribution is -0.142. The van der Waals surface area contributed by atoms with Crippen molar-refractivity contribution < 1.29 is 31.1 Å². The number of hydrogen-bond donors (Lipinski definition) is 2. The second kappa shape index (κ2) is 5.89. The minimum absolute atomic E-state index is 0.504. The van der Waals surface area contributed by atoms with Gasteiger partial charge in [0.1, 0.15) is 5.75 Å². The Kier molecular flexibility index (Phi) is 4.40. The summed E-state index contributed by atoms with van der Waals surface area (Å²) in [7, 11) is 0. The van der Waals surface area contributed by atoms with Gasteiger partial charge < -0.3 is 10.5 Å². The fraction of sp³-hybridized carbons (Fsp3) is 0.167. The topological polar surface area (TPSA) is 81.0 Å². The van der Waals surface area contributed by atoms with E-state index in [-0.39, 0.29) is 0 Å². The van der Waals surface area contributed by atoms with Crippen LogP contribution in [0.25, 0.3) is 0 Å². The van der Waals surface area contributed by atoms with Crippen molar-refractivity contribution in [1.82, 2.24) is 9.97 Å². The maximum atomic E-state index is 12.9. The number of benzene rings is 1. The zero-order valence-corrected chi connectivity index (χ0v) is 12.0. The summed E-state index contributed by atoms with van der Waals surface area (Å²) in [6.07, 6.45) is -9.83. The summed E-state index contributed by atoms with van der Waals surface area (Å²) in [6, 6.07) is 1.84. The number of nitrogens with two attached hydrogens (primary N) is 1. The number of halogens is 7. The average molecular weight is 374 g/mol. The Morgan fingerprint density at radius 3 is 2.25 bits per heavy atom. The van der Waals surface area contributed by atoms with Crippen LogP contribution in [-0.2, 0) is 12.4 Å². The van der Waals surface area contributed by atoms with Crippen molar-refractivity contribution in [2.45, 2.75) is 12.4 Å². The highest BCUT2D eigenvalue weighted by atomic mass is 35.5. The van der Waals surface area contributed by atoms with Crippen molar-refractivity contribution in [3.63, 3.8) is 0 Å². The van der Waals surface area contributed by atoms with Gasteiger partial charge in [0.2, 0.25) is 11.7 Å². The van der Waals surface area contributed by atoms with E-state index in [0.29, 0.717) is 18.2 Å². The van der Waals surface area contributed by atoms with Gasteiger partial charge in [-0.05, 0) is 12.1 Å². The first-order valence-corrected chi connectivity index (χ1v) is 6.29. The van der Waals surface area contributed by atoms with Crippen LogP contribution in [0.2, 0.25) is 5.02 Å². The van der Waals surface area contributed by atoms with Crippen LogP contribution in [-0.4, -0.2) is 9.97 Å². The lowest BCUT2D eigenvalue weighted by Crippen LogP contribution is -2.21. The van der Waals surface area contributed by atoms with E-state index in [2.05, 4.69) is 4.98 Å². The molecular weight excluding hydrogens is 368 g/mol. The normalized spacial score (nSPS) is 12.3. The summed E-state index contributed by atoms with van der Waals surface area (Å²) < 4.78 is 81.1. The van der Waals surface area contributed by atoms with Gasteiger partial charge >= 0.3 is 12.4 Å². The molecule has 130 valence electrons. The Bertz CT molecular complexity index is 831. The third kappa shape index (κ3) is 3.72. The number of anilines is 1. The molecule has 3 N–H and O–H groups in total. The molecule has 1 heterocycles. The lowest BCUT2D eigenvalue weighted by Gasteiger charge is -2.14. The van der Waals surface area contributed by atoms with Gasteiger partial charge in [0.05, 0.1) is 10.6 Å². The molecule has 1 aromatic heterocycles. The van der Waals surface area contributed by atoms with Crippen LogP contribution in [0.1, 0.15) is 11.3 Å². The summed E-state index contributed by atoms with van der Waals surface area (Å²) in [6.45, 7) is 0. The Morgan fingerprint density at radius 1 is 1.12 bits per heavy atom. The SMILES string of the molecule is Nc1nc(C(F)(F)F)c(Oc2ccc(C(F)(F)F)c(Cl)c2)c(=O)[nH]1. The predicted molar refractivity (Wildman–Crippen MR) is 70.8 cm³/mol. The van der Waals surface area contributed by atoms with Crippen molar-refractivity contribution in [3.05, 3.63) is 44.8 Å². The highest BCUT2D eigenvalue weighted by molar-refractivity contribution is 6.31. The summed E-state index contributed by atoms with van der Waals surface area (Å²) in [5, 5.41) is -0.812. The van der Waals surface area contributed by atoms with Crippen molar-refractivity contribution in [3.8, 4) is 11.5 Å². The van der Waals surface area contributed by atoms with Crippen molar-refractivity contribution in [2.24, 2.45) is 0 Å². The number of aromatic amines is 1. The van der Waals surface area contributed by atoms with Crippen LogP contribution < -0.4 is 16.0 Å². The average Bonchev–Trinajstić information content (AvgIpc) is 2.39. The Labute approximate surface area is 134 Å². The Morgan fingerprint density at radius 2 is 1.75 bits per heavy atom. The summed E-state index contributed by atoms with van der Waals surface area (Å²) in [4.78, 5) is 16.3. The van der Waals surface area contributed by atoms with Gasteiger partial charge in [-0.15, -0.1) is 0 Å². The number of ether oxygens (including phenoxy) is 1. The third-order valence-electron chi connectivity index (χ3n) is 2.63. The zero-order valence-electron chi connectivity index (χ0n) is 11.2. The fourth-order valence-corrected chi connectivity index (χ4v) is 1.95. The molecule has 0 radical (unpaired) electrons. The number of aromatic nitrogens is 2. The van der Waals surface area contributed by atoms with E-state index in [4.69, 9.17) is 22.1 Å². The molecule has 0 fully saturated rings. The van der Waals surface area contributed by atoms with E-state index in [1.54, 1.807) is 4.98 Å². The van der Waals surface area contributed by atoms with Gasteiger partial charge in [0.25, 0.3) is 5.56 Å². The lowest BCUT2D eigenvalue weighted by atomic mass is 10.2. The van der Waals surface area contributed by atoms with E-state index in [1.165, 1.54) is 0 Å². The summed E-state index contributed by atoms with van der Waals surface area (Å²) in [5.74, 6) is -2.59. The van der Waals surface area contributed by atoms with Crippen LogP contribution in [0.4, 0.5) is 32.3 Å². The van der Waals surface area contributed by atoms with Gasteiger partial charge in [0, 0.05) is 6.07 Å². The molecule has 0 amide bonds. The van der Waals surface area contributed by atoms with Crippen LogP contribution in [0.5, 0.6) is 11.5 Å². The molecule has 0 atom stereocenters. The molecular formula is C12H6ClF6N3O2. The second-order valence-electron chi connectivity index (χ2n) is 4.37. The first-order valence-electron chi connectivity index (χ1n) is 5.91. The summed E-state index contributed by atoms with van der Waals surface area (Å²) in [5.41, 5.74) is 0.753. The predicted octanol–water partition coefficient (Wildman–Crippen LogP) is 3.84. The van der Waals surface area contributed by atoms with Gasteiger partial charge in [-0.25, -0.2) is 4.98 Å². The molecule has 12 heteroatoms. The van der Waals surface area contributed by atoms with E-state index in [9.17, 15) is 31.1 Å². The molecule has 1 aromatic carbocycles. The van der Waals surface area contributed by atoms with Gasteiger partial charge in [0.15, 0.2) is 5.69 Å². The van der Waals surface area contributed by atoms with Gasteiger partial charge in [-0.2, -0.15) is 26.3 Å². The van der Waals surface area contributed by atoms with E-state index < -0.39 is 51.6 Å². The van der Waals surface area contributed by atoms with Gasteiger partial charge in [-0.1, -0.05) is 11.6 Å². The zero-order chi connectivity index (χ0) is 18.3. The minimum atomic E-state index is -5.08. The molecule has 0 spiro atoms. The van der Waals surface area contributed by atoms with E-state index in [1.807, 2.05) is 0 Å². The smallest absolute Gasteiger partial charge is 0.437 e. The third-order valence-corrected chi connectivity index (χ3v) is 2.94. The maximum absolute atomic E-state index is 12.9. The minimum Gasteiger partial charge on any atom is -0.449 e. The number of nitrogens with one attached hydrogen (secondary N) is 1. The maximum Gasteiger partial charge on any atom is 0.437 e. The first kappa shape index (κ1) is 17.9. The molecule has 0 aliphatic heterocycles. The molecule has 2 aromatic rings. The highest BCUT2D eigenvalue weighted by Crippen LogP contribution is 2.38. The molecule has 0 saturated carbocycles. The molecule has 24 heavy (non-hydrogen) atoms. The summed E-state index contributed by atoms with van der Waals surface area (Å²) >= 11 is 5.43. The number of hydrogen-bond acceptors (Lipinski definition) is 4. The van der Waals surface area contributed by atoms with Crippen molar-refractivity contribution in [1.29, 1.82) is 0 Å². The quantitative estimate of drug-likeness (QED) is 0.784. The second-order valence-corrected chi connectivity index (χ2v) is 4.78. The largest absolute Gasteiger partial charge is 0.449 e. The fourth-order valence-electron chi connectivity index (χ4n) is 1.67. The first-order chi connectivity index (χ1) is 10.9. The monoisotopic (exact) mass is 373 g/mol. The molecule has 0 unspecified atom stereocenters. The molecule has 0 saturated heterocycles. The number of H-pyrrole nitrogens is 1. The molecule has 5 nitrogen and oxygen atoms in total. The number of alkyl halides is 6. The standard InChI is InChI=1S/C12H6ClF6N3O2/c13-6-3-4(1-2-5(6)11(14,15)16)24-7-8(12(17,18)19)21-10(20)22-9(7)23/h1-3H,(H3,20,21,22,23). The Balaban J connectivity index is 2.50. The van der Waals surface area contributed by atoms with Crippen LogP contribution in [0, 0.1) is 0 Å². The van der Waals surface area contributed by atoms with E-state index >= 15 is 0 Å².